The molecule has 1 amide bonds. The van der Waals surface area contributed by atoms with Crippen molar-refractivity contribution in [1.82, 2.24) is 5.32 Å². The molecule has 0 saturated carbocycles. The van der Waals surface area contributed by atoms with Gasteiger partial charge in [0.25, 0.3) is 5.91 Å². The Morgan fingerprint density at radius 3 is 2.53 bits per heavy atom. The Hall–Kier alpha value is -1.98. The molecule has 104 valence electrons. The number of hydrogen-bond donors (Lipinski definition) is 2. The van der Waals surface area contributed by atoms with Crippen LogP contribution in [0.15, 0.2) is 18.2 Å². The van der Waals surface area contributed by atoms with Crippen molar-refractivity contribution in [3.05, 3.63) is 35.4 Å². The van der Waals surface area contributed by atoms with Crippen LogP contribution >= 0.6 is 0 Å². The third-order valence-corrected chi connectivity index (χ3v) is 2.96. The second-order valence-electron chi connectivity index (χ2n) is 4.28. The van der Waals surface area contributed by atoms with Gasteiger partial charge < -0.3 is 10.4 Å². The van der Waals surface area contributed by atoms with Crippen molar-refractivity contribution in [1.29, 1.82) is 0 Å². The van der Waals surface area contributed by atoms with E-state index >= 15 is 0 Å². The number of nitrogens with one attached hydrogen (secondary N) is 1. The second kappa shape index (κ2) is 6.26. The van der Waals surface area contributed by atoms with Crippen molar-refractivity contribution in [2.24, 2.45) is 5.92 Å². The predicted molar refractivity (Wildman–Crippen MR) is 64.7 cm³/mol. The molecule has 0 bridgehead atoms. The minimum Gasteiger partial charge on any atom is -0.480 e. The molecule has 2 atom stereocenters. The first-order chi connectivity index (χ1) is 8.88. The van der Waals surface area contributed by atoms with Gasteiger partial charge in [-0.15, -0.1) is 0 Å². The minimum atomic E-state index is -1.28. The standard InChI is InChI=1S/C13H15F2NO3/c1-3-7(2)11(13(18)19)16-12(17)8-5-4-6-9(14)10(8)15/h4-7,11H,3H2,1-2H3,(H,16,17)(H,18,19)/t7-,11+/m0/s1. The highest BCUT2D eigenvalue weighted by Crippen LogP contribution is 2.13. The number of amides is 1. The second-order valence-corrected chi connectivity index (χ2v) is 4.28. The molecule has 6 heteroatoms. The zero-order valence-electron chi connectivity index (χ0n) is 10.6. The molecule has 0 spiro atoms. The average Bonchev–Trinajstić information content (AvgIpc) is 2.37. The largest absolute Gasteiger partial charge is 0.480 e. The first kappa shape index (κ1) is 15.1. The fourth-order valence-electron chi connectivity index (χ4n) is 1.58. The third kappa shape index (κ3) is 3.49. The van der Waals surface area contributed by atoms with Gasteiger partial charge in [-0.1, -0.05) is 26.3 Å². The van der Waals surface area contributed by atoms with Crippen molar-refractivity contribution in [2.45, 2.75) is 26.3 Å². The normalized spacial score (nSPS) is 13.7. The van der Waals surface area contributed by atoms with E-state index in [-0.39, 0.29) is 5.92 Å². The number of aliphatic carboxylic acids is 1. The fourth-order valence-corrected chi connectivity index (χ4v) is 1.58. The summed E-state index contributed by atoms with van der Waals surface area (Å²) in [7, 11) is 0. The molecule has 19 heavy (non-hydrogen) atoms. The molecule has 0 saturated heterocycles. The van der Waals surface area contributed by atoms with Gasteiger partial charge in [-0.3, -0.25) is 4.79 Å². The van der Waals surface area contributed by atoms with Gasteiger partial charge in [0.1, 0.15) is 6.04 Å². The molecule has 0 aromatic heterocycles. The van der Waals surface area contributed by atoms with Gasteiger partial charge >= 0.3 is 5.97 Å². The molecule has 0 fully saturated rings. The van der Waals surface area contributed by atoms with Crippen molar-refractivity contribution in [3.63, 3.8) is 0 Å². The Bertz CT molecular complexity index is 491. The summed E-state index contributed by atoms with van der Waals surface area (Å²) >= 11 is 0. The fraction of sp³-hybridized carbons (Fsp3) is 0.385. The molecule has 0 aliphatic heterocycles. The summed E-state index contributed by atoms with van der Waals surface area (Å²) in [5.41, 5.74) is -0.505. The SMILES string of the molecule is CC[C@H](C)[C@@H](NC(=O)c1cccc(F)c1F)C(=O)O. The van der Waals surface area contributed by atoms with Crippen LogP contribution in [0.25, 0.3) is 0 Å². The highest BCUT2D eigenvalue weighted by molar-refractivity contribution is 5.96. The highest BCUT2D eigenvalue weighted by atomic mass is 19.2. The molecule has 1 aromatic carbocycles. The summed E-state index contributed by atoms with van der Waals surface area (Å²) in [5.74, 6) is -4.90. The summed E-state index contributed by atoms with van der Waals surface area (Å²) in [5, 5.41) is 11.2. The predicted octanol–water partition coefficient (Wildman–Crippen LogP) is 2.19. The van der Waals surface area contributed by atoms with Crippen LogP contribution < -0.4 is 5.32 Å². The molecular formula is C13H15F2NO3. The van der Waals surface area contributed by atoms with Crippen LogP contribution in [0.3, 0.4) is 0 Å². The molecule has 0 heterocycles. The quantitative estimate of drug-likeness (QED) is 0.862. The number of carboxylic acid groups (broad SMARTS) is 1. The Kier molecular flexibility index (Phi) is 4.97. The summed E-state index contributed by atoms with van der Waals surface area (Å²) in [4.78, 5) is 22.8. The molecule has 0 aliphatic rings. The molecule has 2 N–H and O–H groups in total. The minimum absolute atomic E-state index is 0.321. The van der Waals surface area contributed by atoms with E-state index in [1.807, 2.05) is 0 Å². The van der Waals surface area contributed by atoms with Crippen molar-refractivity contribution in [2.75, 3.05) is 0 Å². The molecule has 1 rings (SSSR count). The average molecular weight is 271 g/mol. The zero-order chi connectivity index (χ0) is 14.6. The van der Waals surface area contributed by atoms with Crippen LogP contribution in [-0.2, 0) is 4.79 Å². The summed E-state index contributed by atoms with van der Waals surface area (Å²) in [6.45, 7) is 3.43. The van der Waals surface area contributed by atoms with Gasteiger partial charge in [0.2, 0.25) is 0 Å². The molecule has 4 nitrogen and oxygen atoms in total. The number of carbonyl (C=O) groups excluding carboxylic acids is 1. The molecule has 0 aliphatic carbocycles. The van der Waals surface area contributed by atoms with Crippen LogP contribution in [0.2, 0.25) is 0 Å². The van der Waals surface area contributed by atoms with Gasteiger partial charge in [-0.05, 0) is 18.1 Å². The summed E-state index contributed by atoms with van der Waals surface area (Å²) < 4.78 is 26.4. The highest BCUT2D eigenvalue weighted by Gasteiger charge is 2.27. The lowest BCUT2D eigenvalue weighted by molar-refractivity contribution is -0.140. The molecular weight excluding hydrogens is 256 g/mol. The lowest BCUT2D eigenvalue weighted by atomic mass is 9.99. The Balaban J connectivity index is 2.94. The Labute approximate surface area is 109 Å². The van der Waals surface area contributed by atoms with Crippen molar-refractivity contribution < 1.29 is 23.5 Å². The lowest BCUT2D eigenvalue weighted by Gasteiger charge is -2.20. The lowest BCUT2D eigenvalue weighted by Crippen LogP contribution is -2.45. The number of carboxylic acids is 1. The van der Waals surface area contributed by atoms with E-state index in [0.29, 0.717) is 6.42 Å². The van der Waals surface area contributed by atoms with Gasteiger partial charge in [-0.2, -0.15) is 0 Å². The number of halogens is 2. The van der Waals surface area contributed by atoms with Crippen LogP contribution in [-0.4, -0.2) is 23.0 Å². The van der Waals surface area contributed by atoms with E-state index < -0.39 is 35.1 Å². The van der Waals surface area contributed by atoms with E-state index in [2.05, 4.69) is 5.32 Å². The van der Waals surface area contributed by atoms with Gasteiger partial charge in [-0.25, -0.2) is 13.6 Å². The smallest absolute Gasteiger partial charge is 0.326 e. The van der Waals surface area contributed by atoms with E-state index in [1.165, 1.54) is 6.07 Å². The number of benzene rings is 1. The van der Waals surface area contributed by atoms with Crippen LogP contribution in [0.1, 0.15) is 30.6 Å². The first-order valence-electron chi connectivity index (χ1n) is 5.86. The molecule has 0 radical (unpaired) electrons. The topological polar surface area (TPSA) is 66.4 Å². The van der Waals surface area contributed by atoms with Crippen molar-refractivity contribution in [3.8, 4) is 0 Å². The van der Waals surface area contributed by atoms with Gasteiger partial charge in [0.15, 0.2) is 11.6 Å². The number of hydrogen-bond acceptors (Lipinski definition) is 2. The third-order valence-electron chi connectivity index (χ3n) is 2.96. The molecule has 0 unspecified atom stereocenters. The maximum absolute atomic E-state index is 13.4. The number of carbonyl (C=O) groups is 2. The monoisotopic (exact) mass is 271 g/mol. The van der Waals surface area contributed by atoms with E-state index in [4.69, 9.17) is 5.11 Å². The Morgan fingerprint density at radius 1 is 1.37 bits per heavy atom. The van der Waals surface area contributed by atoms with Crippen molar-refractivity contribution >= 4 is 11.9 Å². The van der Waals surface area contributed by atoms with E-state index in [9.17, 15) is 18.4 Å². The van der Waals surface area contributed by atoms with Crippen LogP contribution in [0.4, 0.5) is 8.78 Å². The first-order valence-corrected chi connectivity index (χ1v) is 5.86. The maximum atomic E-state index is 13.4. The molecule has 1 aromatic rings. The Morgan fingerprint density at radius 2 is 2.00 bits per heavy atom. The van der Waals surface area contributed by atoms with E-state index in [0.717, 1.165) is 12.1 Å². The summed E-state index contributed by atoms with van der Waals surface area (Å²) in [6, 6.07) is 2.03. The maximum Gasteiger partial charge on any atom is 0.326 e. The van der Waals surface area contributed by atoms with Crippen LogP contribution in [0, 0.1) is 17.6 Å². The van der Waals surface area contributed by atoms with E-state index in [1.54, 1.807) is 13.8 Å². The van der Waals surface area contributed by atoms with Crippen LogP contribution in [0.5, 0.6) is 0 Å². The number of rotatable bonds is 5. The summed E-state index contributed by atoms with van der Waals surface area (Å²) in [6.07, 6.45) is 0.531. The van der Waals surface area contributed by atoms with Gasteiger partial charge in [0, 0.05) is 0 Å². The zero-order valence-corrected chi connectivity index (χ0v) is 10.6. The van der Waals surface area contributed by atoms with Gasteiger partial charge in [0.05, 0.1) is 5.56 Å².